The van der Waals surface area contributed by atoms with E-state index in [-0.39, 0.29) is 11.3 Å². The molecule has 122 valence electrons. The van der Waals surface area contributed by atoms with E-state index in [2.05, 4.69) is 16.5 Å². The Balaban J connectivity index is 1.78. The molecule has 0 unspecified atom stereocenters. The van der Waals surface area contributed by atoms with Crippen LogP contribution < -0.4 is 5.32 Å². The number of benzene rings is 1. The number of carbonyl (C=O) groups excluding carboxylic acids is 1. The van der Waals surface area contributed by atoms with E-state index in [0.29, 0.717) is 30.3 Å². The van der Waals surface area contributed by atoms with Crippen molar-refractivity contribution in [2.45, 2.75) is 18.3 Å². The Hall–Kier alpha value is -1.85. The highest BCUT2D eigenvalue weighted by Crippen LogP contribution is 2.35. The Kier molecular flexibility index (Phi) is 4.68. The summed E-state index contributed by atoms with van der Waals surface area (Å²) in [6.07, 6.45) is 5.01. The van der Waals surface area contributed by atoms with Gasteiger partial charge in [-0.15, -0.1) is 0 Å². The number of amides is 1. The summed E-state index contributed by atoms with van der Waals surface area (Å²) >= 11 is 6.16. The van der Waals surface area contributed by atoms with Crippen molar-refractivity contribution in [1.29, 1.82) is 0 Å². The van der Waals surface area contributed by atoms with Crippen LogP contribution in [0.1, 0.15) is 28.8 Å². The standard InChI is InChI=1S/C17H20ClN3O2/c1-21-11-13(10-20-21)16(22)19-12-17(5-7-23-8-6-17)14-3-2-4-15(18)9-14/h2-4,9-11H,5-8,12H2,1H3,(H,19,22). The maximum atomic E-state index is 12.3. The van der Waals surface area contributed by atoms with Crippen LogP contribution in [0.4, 0.5) is 0 Å². The molecule has 0 atom stereocenters. The summed E-state index contributed by atoms with van der Waals surface area (Å²) < 4.78 is 7.13. The number of aryl methyl sites for hydroxylation is 1. The topological polar surface area (TPSA) is 56.2 Å². The van der Waals surface area contributed by atoms with E-state index in [4.69, 9.17) is 16.3 Å². The second-order valence-electron chi connectivity index (χ2n) is 5.99. The van der Waals surface area contributed by atoms with E-state index in [1.807, 2.05) is 18.2 Å². The summed E-state index contributed by atoms with van der Waals surface area (Å²) in [5, 5.41) is 7.80. The average Bonchev–Trinajstić information content (AvgIpc) is 3.00. The number of aromatic nitrogens is 2. The van der Waals surface area contributed by atoms with E-state index in [9.17, 15) is 4.79 Å². The van der Waals surface area contributed by atoms with Crippen molar-refractivity contribution in [3.05, 3.63) is 52.8 Å². The van der Waals surface area contributed by atoms with Gasteiger partial charge in [0.05, 0.1) is 11.8 Å². The van der Waals surface area contributed by atoms with Crippen LogP contribution in [-0.4, -0.2) is 35.4 Å². The molecule has 2 heterocycles. The number of nitrogens with one attached hydrogen (secondary N) is 1. The van der Waals surface area contributed by atoms with Crippen molar-refractivity contribution in [2.24, 2.45) is 7.05 Å². The Morgan fingerprint density at radius 2 is 2.22 bits per heavy atom. The molecule has 1 amide bonds. The molecule has 2 aromatic rings. The van der Waals surface area contributed by atoms with Gasteiger partial charge in [0.15, 0.2) is 0 Å². The van der Waals surface area contributed by atoms with Crippen molar-refractivity contribution in [2.75, 3.05) is 19.8 Å². The second kappa shape index (κ2) is 6.72. The molecule has 0 spiro atoms. The monoisotopic (exact) mass is 333 g/mol. The second-order valence-corrected chi connectivity index (χ2v) is 6.42. The summed E-state index contributed by atoms with van der Waals surface area (Å²) in [6, 6.07) is 7.89. The molecule has 1 aromatic heterocycles. The molecule has 1 fully saturated rings. The minimum atomic E-state index is -0.138. The fourth-order valence-corrected chi connectivity index (χ4v) is 3.23. The molecule has 1 N–H and O–H groups in total. The molecule has 1 saturated heterocycles. The van der Waals surface area contributed by atoms with Crippen molar-refractivity contribution in [1.82, 2.24) is 15.1 Å². The number of ether oxygens (including phenoxy) is 1. The summed E-state index contributed by atoms with van der Waals surface area (Å²) in [6.45, 7) is 1.94. The van der Waals surface area contributed by atoms with Crippen molar-refractivity contribution in [3.8, 4) is 0 Å². The van der Waals surface area contributed by atoms with Gasteiger partial charge >= 0.3 is 0 Å². The first-order valence-electron chi connectivity index (χ1n) is 7.70. The Morgan fingerprint density at radius 3 is 2.87 bits per heavy atom. The minimum Gasteiger partial charge on any atom is -0.381 e. The molecule has 3 rings (SSSR count). The van der Waals surface area contributed by atoms with E-state index in [0.717, 1.165) is 18.4 Å². The first-order chi connectivity index (χ1) is 11.1. The molecule has 1 aromatic carbocycles. The molecule has 1 aliphatic rings. The molecule has 0 saturated carbocycles. The lowest BCUT2D eigenvalue weighted by atomic mass is 9.74. The van der Waals surface area contributed by atoms with Crippen LogP contribution in [0.5, 0.6) is 0 Å². The molecule has 0 aliphatic carbocycles. The summed E-state index contributed by atoms with van der Waals surface area (Å²) in [4.78, 5) is 12.3. The van der Waals surface area contributed by atoms with E-state index in [1.165, 1.54) is 0 Å². The molecule has 5 nitrogen and oxygen atoms in total. The molecule has 23 heavy (non-hydrogen) atoms. The number of rotatable bonds is 4. The highest BCUT2D eigenvalue weighted by molar-refractivity contribution is 6.30. The highest BCUT2D eigenvalue weighted by Gasteiger charge is 2.35. The van der Waals surface area contributed by atoms with Crippen molar-refractivity contribution < 1.29 is 9.53 Å². The van der Waals surface area contributed by atoms with E-state index >= 15 is 0 Å². The predicted molar refractivity (Wildman–Crippen MR) is 88.7 cm³/mol. The predicted octanol–water partition coefficient (Wildman–Crippen LogP) is 2.55. The quantitative estimate of drug-likeness (QED) is 0.935. The van der Waals surface area contributed by atoms with Gasteiger partial charge in [0.2, 0.25) is 0 Å². The lowest BCUT2D eigenvalue weighted by molar-refractivity contribution is 0.0487. The molecule has 1 aliphatic heterocycles. The Morgan fingerprint density at radius 1 is 1.43 bits per heavy atom. The number of halogens is 1. The average molecular weight is 334 g/mol. The summed E-state index contributed by atoms with van der Waals surface area (Å²) in [7, 11) is 1.79. The molecular formula is C17H20ClN3O2. The fourth-order valence-electron chi connectivity index (χ4n) is 3.04. The first kappa shape index (κ1) is 16.0. The number of hydrogen-bond acceptors (Lipinski definition) is 3. The Labute approximate surface area is 140 Å². The number of hydrogen-bond donors (Lipinski definition) is 1. The maximum Gasteiger partial charge on any atom is 0.254 e. The third-order valence-corrected chi connectivity index (χ3v) is 4.68. The zero-order valence-electron chi connectivity index (χ0n) is 13.1. The van der Waals surface area contributed by atoms with Gasteiger partial charge < -0.3 is 10.1 Å². The summed E-state index contributed by atoms with van der Waals surface area (Å²) in [5.41, 5.74) is 1.58. The Bertz CT molecular complexity index is 693. The van der Waals surface area contributed by atoms with Crippen LogP contribution in [0.25, 0.3) is 0 Å². The SMILES string of the molecule is Cn1cc(C(=O)NCC2(c3cccc(Cl)c3)CCOCC2)cn1. The molecule has 6 heteroatoms. The van der Waals surface area contributed by atoms with Crippen molar-refractivity contribution >= 4 is 17.5 Å². The third-order valence-electron chi connectivity index (χ3n) is 4.44. The van der Waals surface area contributed by atoms with Crippen LogP contribution in [0.2, 0.25) is 5.02 Å². The largest absolute Gasteiger partial charge is 0.381 e. The van der Waals surface area contributed by atoms with E-state index in [1.54, 1.807) is 24.1 Å². The van der Waals surface area contributed by atoms with Crippen LogP contribution in [0.15, 0.2) is 36.7 Å². The maximum absolute atomic E-state index is 12.3. The van der Waals surface area contributed by atoms with Gasteiger partial charge in [-0.25, -0.2) is 0 Å². The van der Waals surface area contributed by atoms with Crippen LogP contribution in [0.3, 0.4) is 0 Å². The van der Waals surface area contributed by atoms with Crippen molar-refractivity contribution in [3.63, 3.8) is 0 Å². The van der Waals surface area contributed by atoms with Gasteiger partial charge in [0.1, 0.15) is 0 Å². The minimum absolute atomic E-state index is 0.106. The fraction of sp³-hybridized carbons (Fsp3) is 0.412. The van der Waals surface area contributed by atoms with Gasteiger partial charge in [-0.3, -0.25) is 9.48 Å². The lowest BCUT2D eigenvalue weighted by Gasteiger charge is -2.38. The normalized spacial score (nSPS) is 17.0. The smallest absolute Gasteiger partial charge is 0.254 e. The van der Waals surface area contributed by atoms with Gasteiger partial charge in [-0.1, -0.05) is 23.7 Å². The zero-order valence-corrected chi connectivity index (χ0v) is 13.8. The first-order valence-corrected chi connectivity index (χ1v) is 8.07. The van der Waals surface area contributed by atoms with Gasteiger partial charge in [-0.05, 0) is 30.5 Å². The molecular weight excluding hydrogens is 314 g/mol. The lowest BCUT2D eigenvalue weighted by Crippen LogP contribution is -2.44. The van der Waals surface area contributed by atoms with Crippen LogP contribution >= 0.6 is 11.6 Å². The number of nitrogens with zero attached hydrogens (tertiary/aromatic N) is 2. The van der Waals surface area contributed by atoms with Gasteiger partial charge in [-0.2, -0.15) is 5.10 Å². The third kappa shape index (κ3) is 3.57. The molecule has 0 bridgehead atoms. The van der Waals surface area contributed by atoms with Crippen LogP contribution in [0, 0.1) is 0 Å². The van der Waals surface area contributed by atoms with Gasteiger partial charge in [0.25, 0.3) is 5.91 Å². The van der Waals surface area contributed by atoms with E-state index < -0.39 is 0 Å². The van der Waals surface area contributed by atoms with Gasteiger partial charge in [0, 0.05) is 43.4 Å². The summed E-state index contributed by atoms with van der Waals surface area (Å²) in [5.74, 6) is -0.106. The number of carbonyl (C=O) groups is 1. The molecule has 0 radical (unpaired) electrons. The highest BCUT2D eigenvalue weighted by atomic mass is 35.5. The zero-order chi connectivity index (χ0) is 16.3. The van der Waals surface area contributed by atoms with Crippen LogP contribution in [-0.2, 0) is 17.2 Å².